The lowest BCUT2D eigenvalue weighted by atomic mass is 9.32. The van der Waals surface area contributed by atoms with Crippen LogP contribution >= 0.6 is 0 Å². The lowest BCUT2D eigenvalue weighted by molar-refractivity contribution is -0.468. The molecule has 8 rings (SSSR count). The fourth-order valence-electron chi connectivity index (χ4n) is 13.6. The average Bonchev–Trinajstić information content (AvgIpc) is 4.00. The maximum Gasteiger partial charge on any atom is 0.333 e. The van der Waals surface area contributed by atoms with Gasteiger partial charge in [0.1, 0.15) is 35.1 Å². The Morgan fingerprint density at radius 3 is 2.22 bits per heavy atom. The van der Waals surface area contributed by atoms with Crippen molar-refractivity contribution in [2.45, 2.75) is 152 Å². The molecule has 3 saturated heterocycles. The first-order valence-corrected chi connectivity index (χ1v) is 19.7. The molecule has 7 fully saturated rings. The summed E-state index contributed by atoms with van der Waals surface area (Å²) in [5.41, 5.74) is -15.0. The third-order valence-electron chi connectivity index (χ3n) is 15.6. The van der Waals surface area contributed by atoms with E-state index in [2.05, 4.69) is 0 Å². The van der Waals surface area contributed by atoms with E-state index >= 15 is 0 Å². The Labute approximate surface area is 335 Å². The molecular weight excluding hydrogens is 764 g/mol. The number of carbonyl (C=O) groups excluding carboxylic acids is 4. The van der Waals surface area contributed by atoms with Crippen molar-refractivity contribution in [3.8, 4) is 0 Å². The predicted molar refractivity (Wildman–Crippen MR) is 192 cm³/mol. The summed E-state index contributed by atoms with van der Waals surface area (Å²) in [5, 5.41) is 27.4. The molecule has 1 unspecified atom stereocenters. The molecule has 15 atom stereocenters. The standard InChI is InChI=1S/C41H54O17/c1-12-21(3)29(46)53-30-32(5)20-36(47)34(7,24(32)16-26(44)48-9)40-25(43)17-33(6,28(52-22(4)42)23-14-15-51-19-23)37(18-27(45)49-10)41(40,57-35(8,55-37)56-40)31-39(30,36)58-38(13-2,50-11)54-31/h12,14-15,19,24-25,28,30-31,43,47H,13,16-18,20H2,1-11H3/b21-12+/t24-,25+,28-,30-,31+,32-,33-,34+,35?,36+,37-,38+,39-,40-,41-/m0/s1. The molecule has 0 aromatic carbocycles. The topological polar surface area (TPSA) is 214 Å². The Bertz CT molecular complexity index is 1960. The molecule has 4 aliphatic carbocycles. The zero-order valence-electron chi connectivity index (χ0n) is 34.7. The Morgan fingerprint density at radius 2 is 1.66 bits per heavy atom. The molecular formula is C41H54O17. The summed E-state index contributed by atoms with van der Waals surface area (Å²) in [5.74, 6) is -7.95. The molecule has 58 heavy (non-hydrogen) atoms. The Morgan fingerprint density at radius 1 is 0.983 bits per heavy atom. The largest absolute Gasteiger partial charge is 0.472 e. The van der Waals surface area contributed by atoms with E-state index in [1.165, 1.54) is 47.7 Å². The van der Waals surface area contributed by atoms with Crippen LogP contribution in [0.1, 0.15) is 99.2 Å². The van der Waals surface area contributed by atoms with E-state index in [4.69, 9.17) is 51.8 Å². The molecule has 7 aliphatic rings. The summed E-state index contributed by atoms with van der Waals surface area (Å²) >= 11 is 0. The van der Waals surface area contributed by atoms with Gasteiger partial charge in [-0.05, 0) is 38.7 Å². The van der Waals surface area contributed by atoms with Gasteiger partial charge in [-0.25, -0.2) is 4.79 Å². The number of rotatable bonds is 11. The number of esters is 4. The van der Waals surface area contributed by atoms with Gasteiger partial charge in [0.15, 0.2) is 11.2 Å². The second kappa shape index (κ2) is 12.3. The van der Waals surface area contributed by atoms with Crippen LogP contribution in [0, 0.1) is 22.2 Å². The molecule has 4 saturated carbocycles. The van der Waals surface area contributed by atoms with Crippen LogP contribution in [0.2, 0.25) is 0 Å². The quantitative estimate of drug-likeness (QED) is 0.186. The molecule has 17 heteroatoms. The summed E-state index contributed by atoms with van der Waals surface area (Å²) < 4.78 is 70.5. The highest BCUT2D eigenvalue weighted by Crippen LogP contribution is 2.90. The second-order valence-corrected chi connectivity index (χ2v) is 17.9. The van der Waals surface area contributed by atoms with E-state index in [9.17, 15) is 29.4 Å². The minimum absolute atomic E-state index is 0.0163. The zero-order valence-corrected chi connectivity index (χ0v) is 34.7. The maximum atomic E-state index is 14.2. The van der Waals surface area contributed by atoms with Crippen LogP contribution in [0.4, 0.5) is 0 Å². The molecule has 4 heterocycles. The Kier molecular flexibility index (Phi) is 8.79. The SMILES string of the molecule is C/C=C(\C)C(=O)O[C@H]1[C@@]2(C)C[C@]3(O)[C@]14O[C@](CC)(OC)O[C@H]4[C@]14OC5(C)O[C@@]1(CC(=O)OC)[C@](C)([C@@H](OC(C)=O)c1ccoc1)C[C@@H](O)[C@]4(O5)[C@]3(C)[C@H]2CC(=O)OC. The minimum atomic E-state index is -2.27. The van der Waals surface area contributed by atoms with Crippen molar-refractivity contribution < 1.29 is 81.2 Å². The van der Waals surface area contributed by atoms with Gasteiger partial charge in [0.25, 0.3) is 11.9 Å². The van der Waals surface area contributed by atoms with Gasteiger partial charge in [-0.3, -0.25) is 14.4 Å². The first-order valence-electron chi connectivity index (χ1n) is 19.7. The lowest BCUT2D eigenvalue weighted by Crippen LogP contribution is -2.97. The van der Waals surface area contributed by atoms with Crippen LogP contribution < -0.4 is 0 Å². The fourth-order valence-corrected chi connectivity index (χ4v) is 13.6. The third-order valence-corrected chi connectivity index (χ3v) is 15.6. The van der Waals surface area contributed by atoms with Crippen molar-refractivity contribution in [3.05, 3.63) is 35.8 Å². The van der Waals surface area contributed by atoms with Crippen LogP contribution in [0.5, 0.6) is 0 Å². The van der Waals surface area contributed by atoms with E-state index in [1.807, 2.05) is 0 Å². The van der Waals surface area contributed by atoms with Crippen LogP contribution in [-0.4, -0.2) is 114 Å². The molecule has 1 aromatic heterocycles. The highest BCUT2D eigenvalue weighted by Gasteiger charge is 3.07. The number of allylic oxidation sites excluding steroid dienone is 1. The first kappa shape index (κ1) is 41.3. The second-order valence-electron chi connectivity index (χ2n) is 17.9. The summed E-state index contributed by atoms with van der Waals surface area (Å²) in [6.45, 7) is 12.9. The highest BCUT2D eigenvalue weighted by molar-refractivity contribution is 5.88. The summed E-state index contributed by atoms with van der Waals surface area (Å²) in [6.07, 6.45) is -3.05. The van der Waals surface area contributed by atoms with Crippen molar-refractivity contribution in [1.29, 1.82) is 0 Å². The summed E-state index contributed by atoms with van der Waals surface area (Å²) in [6, 6.07) is 1.59. The van der Waals surface area contributed by atoms with Crippen molar-refractivity contribution in [3.63, 3.8) is 0 Å². The number of hydrogen-bond acceptors (Lipinski definition) is 17. The number of methoxy groups -OCH3 is 3. The molecule has 4 bridgehead atoms. The monoisotopic (exact) mass is 818 g/mol. The molecule has 0 amide bonds. The van der Waals surface area contributed by atoms with Gasteiger partial charge in [0, 0.05) is 61.2 Å². The van der Waals surface area contributed by atoms with Gasteiger partial charge in [-0.15, -0.1) is 0 Å². The molecule has 1 aromatic rings. The van der Waals surface area contributed by atoms with E-state index < -0.39 is 117 Å². The highest BCUT2D eigenvalue weighted by atomic mass is 17.0. The number of hydrogen-bond donors (Lipinski definition) is 2. The molecule has 2 spiro atoms. The van der Waals surface area contributed by atoms with Gasteiger partial charge >= 0.3 is 23.9 Å². The van der Waals surface area contributed by atoms with Crippen molar-refractivity contribution in [2.24, 2.45) is 22.2 Å². The van der Waals surface area contributed by atoms with E-state index in [-0.39, 0.29) is 31.3 Å². The third kappa shape index (κ3) is 4.20. The number of aliphatic hydroxyl groups excluding tert-OH is 1. The van der Waals surface area contributed by atoms with E-state index in [1.54, 1.807) is 53.7 Å². The first-order chi connectivity index (χ1) is 27.1. The lowest BCUT2D eigenvalue weighted by Gasteiger charge is -2.78. The van der Waals surface area contributed by atoms with E-state index in [0.717, 1.165) is 0 Å². The smallest absolute Gasteiger partial charge is 0.333 e. The van der Waals surface area contributed by atoms with Gasteiger partial charge in [0.2, 0.25) is 0 Å². The van der Waals surface area contributed by atoms with Crippen molar-refractivity contribution in [2.75, 3.05) is 21.3 Å². The van der Waals surface area contributed by atoms with Crippen molar-refractivity contribution >= 4 is 23.9 Å². The molecule has 320 valence electrons. The molecule has 0 radical (unpaired) electrons. The van der Waals surface area contributed by atoms with Gasteiger partial charge in [-0.1, -0.05) is 33.8 Å². The zero-order chi connectivity index (χ0) is 42.5. The summed E-state index contributed by atoms with van der Waals surface area (Å²) in [4.78, 5) is 55.0. The van der Waals surface area contributed by atoms with Crippen LogP contribution in [0.3, 0.4) is 0 Å². The number of carbonyl (C=O) groups is 4. The Balaban J connectivity index is 1.54. The molecule has 2 N–H and O–H groups in total. The normalized spacial score (nSPS) is 49.6. The predicted octanol–water partition coefficient (Wildman–Crippen LogP) is 3.28. The maximum absolute atomic E-state index is 14.2. The Hall–Kier alpha value is -3.42. The minimum Gasteiger partial charge on any atom is -0.472 e. The molecule has 17 nitrogen and oxygen atoms in total. The number of furan rings is 1. The van der Waals surface area contributed by atoms with Gasteiger partial charge in [0.05, 0.1) is 39.3 Å². The van der Waals surface area contributed by atoms with Gasteiger partial charge in [-0.2, -0.15) is 0 Å². The van der Waals surface area contributed by atoms with E-state index in [0.29, 0.717) is 5.56 Å². The van der Waals surface area contributed by atoms with Crippen LogP contribution in [0.15, 0.2) is 34.7 Å². The van der Waals surface area contributed by atoms with Gasteiger partial charge < -0.3 is 62.0 Å². The van der Waals surface area contributed by atoms with Crippen LogP contribution in [0.25, 0.3) is 0 Å². The average molecular weight is 819 g/mol. The molecule has 3 aliphatic heterocycles. The summed E-state index contributed by atoms with van der Waals surface area (Å²) in [7, 11) is 3.80. The van der Waals surface area contributed by atoms with Crippen molar-refractivity contribution in [1.82, 2.24) is 0 Å². The van der Waals surface area contributed by atoms with Crippen LogP contribution in [-0.2, 0) is 66.5 Å². The number of fused-ring (bicyclic) bond motifs is 2. The number of aliphatic hydroxyl groups is 2. The number of ether oxygens (including phenoxy) is 10. The fraction of sp³-hybridized carbons (Fsp3) is 0.756.